The molecule has 0 aliphatic rings. The Morgan fingerprint density at radius 1 is 1.15 bits per heavy atom. The third-order valence-electron chi connectivity index (χ3n) is 2.78. The fraction of sp³-hybridized carbons (Fsp3) is 0.200. The molecule has 0 heterocycles. The zero-order valence-corrected chi connectivity index (χ0v) is 14.0. The van der Waals surface area contributed by atoms with Crippen LogP contribution in [0.5, 0.6) is 5.75 Å². The van der Waals surface area contributed by atoms with Crippen LogP contribution in [0.4, 0.5) is 4.39 Å². The number of halogens is 3. The van der Waals surface area contributed by atoms with Crippen molar-refractivity contribution in [2.75, 3.05) is 0 Å². The van der Waals surface area contributed by atoms with E-state index >= 15 is 0 Å². The minimum absolute atomic E-state index is 0.137. The van der Waals surface area contributed by atoms with Crippen LogP contribution in [-0.2, 0) is 6.61 Å². The number of benzene rings is 2. The van der Waals surface area contributed by atoms with Crippen LogP contribution in [0.2, 0.25) is 0 Å². The Morgan fingerprint density at radius 2 is 1.90 bits per heavy atom. The van der Waals surface area contributed by atoms with Crippen molar-refractivity contribution >= 4 is 31.9 Å². The van der Waals surface area contributed by atoms with Crippen LogP contribution in [0, 0.1) is 5.82 Å². The maximum absolute atomic E-state index is 13.3. The van der Waals surface area contributed by atoms with Crippen molar-refractivity contribution in [2.24, 2.45) is 5.73 Å². The summed E-state index contributed by atoms with van der Waals surface area (Å²) in [5.41, 5.74) is 7.60. The molecule has 0 radical (unpaired) electrons. The summed E-state index contributed by atoms with van der Waals surface area (Å²) >= 11 is 6.68. The van der Waals surface area contributed by atoms with Gasteiger partial charge in [-0.05, 0) is 48.9 Å². The molecule has 2 aromatic carbocycles. The van der Waals surface area contributed by atoms with Gasteiger partial charge < -0.3 is 10.5 Å². The molecule has 0 amide bonds. The quantitative estimate of drug-likeness (QED) is 0.785. The van der Waals surface area contributed by atoms with Crippen molar-refractivity contribution in [2.45, 2.75) is 19.6 Å². The highest BCUT2D eigenvalue weighted by Crippen LogP contribution is 2.28. The number of hydrogen-bond acceptors (Lipinski definition) is 2. The van der Waals surface area contributed by atoms with Gasteiger partial charge in [0.05, 0.1) is 0 Å². The van der Waals surface area contributed by atoms with Gasteiger partial charge in [-0.2, -0.15) is 0 Å². The van der Waals surface area contributed by atoms with Crippen molar-refractivity contribution in [1.82, 2.24) is 0 Å². The average Bonchev–Trinajstić information content (AvgIpc) is 2.36. The third kappa shape index (κ3) is 4.04. The first-order valence-electron chi connectivity index (χ1n) is 6.08. The summed E-state index contributed by atoms with van der Waals surface area (Å²) in [6, 6.07) is 10.2. The number of nitrogens with two attached hydrogens (primary N) is 1. The van der Waals surface area contributed by atoms with Crippen LogP contribution >= 0.6 is 31.9 Å². The van der Waals surface area contributed by atoms with Gasteiger partial charge in [-0.3, -0.25) is 0 Å². The molecule has 2 aromatic rings. The van der Waals surface area contributed by atoms with Crippen molar-refractivity contribution in [3.63, 3.8) is 0 Å². The fourth-order valence-corrected chi connectivity index (χ4v) is 2.75. The van der Waals surface area contributed by atoms with E-state index in [1.165, 1.54) is 12.1 Å². The Kier molecular flexibility index (Phi) is 5.18. The van der Waals surface area contributed by atoms with Gasteiger partial charge in [-0.15, -0.1) is 0 Å². The highest BCUT2D eigenvalue weighted by molar-refractivity contribution is 9.10. The molecule has 2 rings (SSSR count). The van der Waals surface area contributed by atoms with E-state index in [4.69, 9.17) is 10.5 Å². The van der Waals surface area contributed by atoms with Crippen LogP contribution in [0.25, 0.3) is 0 Å². The summed E-state index contributed by atoms with van der Waals surface area (Å²) in [6.45, 7) is 2.19. The zero-order valence-electron chi connectivity index (χ0n) is 10.9. The molecule has 0 bridgehead atoms. The lowest BCUT2D eigenvalue weighted by Crippen LogP contribution is -2.08. The van der Waals surface area contributed by atoms with E-state index in [1.54, 1.807) is 0 Å². The molecule has 0 spiro atoms. The Balaban J connectivity index is 2.18. The number of rotatable bonds is 4. The van der Waals surface area contributed by atoms with Gasteiger partial charge in [0.25, 0.3) is 0 Å². The minimum atomic E-state index is -0.291. The van der Waals surface area contributed by atoms with Crippen LogP contribution in [0.1, 0.15) is 24.1 Å². The summed E-state index contributed by atoms with van der Waals surface area (Å²) in [7, 11) is 0. The molecule has 5 heteroatoms. The second-order valence-electron chi connectivity index (χ2n) is 4.54. The molecule has 1 atom stereocenters. The molecular weight excluding hydrogens is 389 g/mol. The van der Waals surface area contributed by atoms with Gasteiger partial charge >= 0.3 is 0 Å². The second-order valence-corrected chi connectivity index (χ2v) is 6.37. The fourth-order valence-electron chi connectivity index (χ4n) is 1.86. The molecule has 0 saturated heterocycles. The lowest BCUT2D eigenvalue weighted by molar-refractivity contribution is 0.300. The molecule has 0 aliphatic heterocycles. The Labute approximate surface area is 134 Å². The zero-order chi connectivity index (χ0) is 14.7. The monoisotopic (exact) mass is 401 g/mol. The Hall–Kier alpha value is -0.910. The number of ether oxygens (including phenoxy) is 1. The van der Waals surface area contributed by atoms with E-state index < -0.39 is 0 Å². The normalized spacial score (nSPS) is 12.2. The second kappa shape index (κ2) is 6.70. The van der Waals surface area contributed by atoms with E-state index in [1.807, 2.05) is 31.2 Å². The lowest BCUT2D eigenvalue weighted by atomic mass is 10.1. The summed E-state index contributed by atoms with van der Waals surface area (Å²) in [6.07, 6.45) is 0. The predicted molar refractivity (Wildman–Crippen MR) is 85.2 cm³/mol. The molecular formula is C15H14Br2FNO. The van der Waals surface area contributed by atoms with E-state index in [9.17, 15) is 4.39 Å². The minimum Gasteiger partial charge on any atom is -0.489 e. The lowest BCUT2D eigenvalue weighted by Gasteiger charge is -2.14. The largest absolute Gasteiger partial charge is 0.489 e. The van der Waals surface area contributed by atoms with Gasteiger partial charge in [0.2, 0.25) is 0 Å². The van der Waals surface area contributed by atoms with Crippen LogP contribution in [0.3, 0.4) is 0 Å². The summed E-state index contributed by atoms with van der Waals surface area (Å²) in [5.74, 6) is 0.421. The first-order chi connectivity index (χ1) is 9.45. The van der Waals surface area contributed by atoms with Crippen LogP contribution < -0.4 is 10.5 Å². The smallest absolute Gasteiger partial charge is 0.124 e. The van der Waals surface area contributed by atoms with Crippen LogP contribution in [0.15, 0.2) is 45.3 Å². The standard InChI is InChI=1S/C15H14Br2FNO/c1-9(19)14-7-11(16)2-3-15(14)20-8-10-4-12(17)6-13(18)5-10/h2-7,9H,8,19H2,1H3/t9-/m1/s1. The number of hydrogen-bond donors (Lipinski definition) is 1. The molecule has 0 unspecified atom stereocenters. The van der Waals surface area contributed by atoms with E-state index in [0.717, 1.165) is 15.6 Å². The van der Waals surface area contributed by atoms with Gasteiger partial charge in [0, 0.05) is 20.6 Å². The Bertz CT molecular complexity index is 597. The van der Waals surface area contributed by atoms with Crippen molar-refractivity contribution in [3.05, 3.63) is 62.3 Å². The van der Waals surface area contributed by atoms with Gasteiger partial charge in [-0.1, -0.05) is 31.9 Å². The topological polar surface area (TPSA) is 35.2 Å². The third-order valence-corrected chi connectivity index (χ3v) is 3.73. The van der Waals surface area contributed by atoms with Gasteiger partial charge in [0.15, 0.2) is 0 Å². The van der Waals surface area contributed by atoms with E-state index in [0.29, 0.717) is 10.2 Å². The highest BCUT2D eigenvalue weighted by atomic mass is 79.9. The average molecular weight is 403 g/mol. The van der Waals surface area contributed by atoms with Crippen molar-refractivity contribution < 1.29 is 9.13 Å². The summed E-state index contributed by atoms with van der Waals surface area (Å²) in [5, 5.41) is 0. The summed E-state index contributed by atoms with van der Waals surface area (Å²) in [4.78, 5) is 0. The van der Waals surface area contributed by atoms with Gasteiger partial charge in [0.1, 0.15) is 18.2 Å². The SMILES string of the molecule is C[C@@H](N)c1cc(Br)ccc1OCc1cc(F)cc(Br)c1. The predicted octanol–water partition coefficient (Wildman–Crippen LogP) is 4.95. The molecule has 0 aliphatic carbocycles. The van der Waals surface area contributed by atoms with Gasteiger partial charge in [-0.25, -0.2) is 4.39 Å². The van der Waals surface area contributed by atoms with Crippen LogP contribution in [-0.4, -0.2) is 0 Å². The maximum atomic E-state index is 13.3. The molecule has 0 aromatic heterocycles. The Morgan fingerprint density at radius 3 is 2.55 bits per heavy atom. The maximum Gasteiger partial charge on any atom is 0.124 e. The molecule has 106 valence electrons. The first kappa shape index (κ1) is 15.5. The molecule has 2 nitrogen and oxygen atoms in total. The molecule has 20 heavy (non-hydrogen) atoms. The first-order valence-corrected chi connectivity index (χ1v) is 7.67. The van der Waals surface area contributed by atoms with Crippen molar-refractivity contribution in [3.8, 4) is 5.75 Å². The highest BCUT2D eigenvalue weighted by Gasteiger charge is 2.09. The molecule has 0 saturated carbocycles. The molecule has 2 N–H and O–H groups in total. The molecule has 0 fully saturated rings. The van der Waals surface area contributed by atoms with E-state index in [2.05, 4.69) is 31.9 Å². The van der Waals surface area contributed by atoms with E-state index in [-0.39, 0.29) is 18.5 Å². The summed E-state index contributed by atoms with van der Waals surface area (Å²) < 4.78 is 20.7. The van der Waals surface area contributed by atoms with Crippen molar-refractivity contribution in [1.29, 1.82) is 0 Å².